The minimum atomic E-state index is -3.96. The van der Waals surface area contributed by atoms with Crippen molar-refractivity contribution >= 4 is 27.4 Å². The molecule has 22 heavy (non-hydrogen) atoms. The molecule has 0 unspecified atom stereocenters. The number of fused-ring (bicyclic) bond motifs is 1. The molecule has 0 atom stereocenters. The molecule has 2 rings (SSSR count). The molecule has 0 spiro atoms. The molecule has 1 aromatic carbocycles. The molecule has 0 radical (unpaired) electrons. The number of ether oxygens (including phenoxy) is 1. The number of nitrogens with zero attached hydrogens (tertiary/aromatic N) is 1. The lowest BCUT2D eigenvalue weighted by Gasteiger charge is -2.39. The zero-order valence-corrected chi connectivity index (χ0v) is 13.3. The van der Waals surface area contributed by atoms with Crippen LogP contribution in [-0.2, 0) is 19.4 Å². The smallest absolute Gasteiger partial charge is 0.319 e. The van der Waals surface area contributed by atoms with Crippen LogP contribution in [0.3, 0.4) is 0 Å². The quantitative estimate of drug-likeness (QED) is 0.891. The molecular weight excluding hydrogens is 310 g/mol. The Morgan fingerprint density at radius 1 is 1.36 bits per heavy atom. The molecule has 0 aromatic heterocycles. The minimum absolute atomic E-state index is 0.150. The van der Waals surface area contributed by atoms with Crippen molar-refractivity contribution < 1.29 is 27.9 Å². The number of anilines is 1. The molecule has 1 amide bonds. The van der Waals surface area contributed by atoms with Gasteiger partial charge in [-0.05, 0) is 32.0 Å². The van der Waals surface area contributed by atoms with E-state index in [0.29, 0.717) is 11.4 Å². The molecule has 1 aromatic rings. The molecule has 7 nitrogen and oxygen atoms in total. The van der Waals surface area contributed by atoms with Gasteiger partial charge in [0.25, 0.3) is 0 Å². The number of rotatable bonds is 3. The van der Waals surface area contributed by atoms with E-state index in [1.807, 2.05) is 13.8 Å². The Labute approximate surface area is 128 Å². The first-order chi connectivity index (χ1) is 10.0. The van der Waals surface area contributed by atoms with E-state index in [4.69, 9.17) is 9.84 Å². The standard InChI is InChI=1S/C14H17NO6S/c1-9(16)15-8-14(2,3)21-12-5-4-10(6-11(12)15)22(19,20)7-13(17)18/h4-6H,7-8H2,1-3H3,(H,17,18). The SMILES string of the molecule is CC(=O)N1CC(C)(C)Oc2ccc(S(=O)(=O)CC(=O)O)cc21. The summed E-state index contributed by atoms with van der Waals surface area (Å²) in [6.07, 6.45) is 0. The van der Waals surface area contributed by atoms with Crippen LogP contribution in [0.2, 0.25) is 0 Å². The molecule has 0 aliphatic carbocycles. The van der Waals surface area contributed by atoms with Gasteiger partial charge in [0.15, 0.2) is 15.6 Å². The van der Waals surface area contributed by atoms with E-state index in [9.17, 15) is 18.0 Å². The Kier molecular flexibility index (Phi) is 3.90. The molecule has 1 N–H and O–H groups in total. The van der Waals surface area contributed by atoms with Crippen LogP contribution in [0.5, 0.6) is 5.75 Å². The van der Waals surface area contributed by atoms with Crippen LogP contribution in [0.25, 0.3) is 0 Å². The number of hydrogen-bond acceptors (Lipinski definition) is 5. The van der Waals surface area contributed by atoms with Gasteiger partial charge in [0.05, 0.1) is 17.1 Å². The summed E-state index contributed by atoms with van der Waals surface area (Å²) in [5.74, 6) is -2.29. The molecule has 0 fully saturated rings. The Morgan fingerprint density at radius 2 is 2.00 bits per heavy atom. The average Bonchev–Trinajstić information content (AvgIpc) is 2.34. The highest BCUT2D eigenvalue weighted by Crippen LogP contribution is 2.38. The Bertz CT molecular complexity index is 738. The maximum absolute atomic E-state index is 12.0. The van der Waals surface area contributed by atoms with Gasteiger partial charge in [-0.3, -0.25) is 9.59 Å². The van der Waals surface area contributed by atoms with Crippen LogP contribution in [-0.4, -0.2) is 43.3 Å². The second kappa shape index (κ2) is 5.28. The largest absolute Gasteiger partial charge is 0.484 e. The first-order valence-corrected chi connectivity index (χ1v) is 8.23. The monoisotopic (exact) mass is 327 g/mol. The van der Waals surface area contributed by atoms with Crippen molar-refractivity contribution in [3.63, 3.8) is 0 Å². The lowest BCUT2D eigenvalue weighted by Crippen LogP contribution is -2.48. The van der Waals surface area contributed by atoms with E-state index in [2.05, 4.69) is 0 Å². The number of carboxylic acids is 1. The molecule has 0 bridgehead atoms. The fourth-order valence-corrected chi connectivity index (χ4v) is 3.37. The summed E-state index contributed by atoms with van der Waals surface area (Å²) in [6, 6.07) is 4.02. The van der Waals surface area contributed by atoms with E-state index in [1.54, 1.807) is 0 Å². The molecule has 1 heterocycles. The Balaban J connectivity index is 2.53. The Hall–Kier alpha value is -2.09. The third kappa shape index (κ3) is 3.22. The van der Waals surface area contributed by atoms with Crippen molar-refractivity contribution in [2.45, 2.75) is 31.3 Å². The highest BCUT2D eigenvalue weighted by Gasteiger charge is 2.34. The van der Waals surface area contributed by atoms with Crippen molar-refractivity contribution in [3.8, 4) is 5.75 Å². The number of aliphatic carboxylic acids is 1. The second-order valence-corrected chi connectivity index (χ2v) is 7.74. The van der Waals surface area contributed by atoms with Gasteiger partial charge in [-0.2, -0.15) is 0 Å². The summed E-state index contributed by atoms with van der Waals surface area (Å²) >= 11 is 0. The van der Waals surface area contributed by atoms with Crippen molar-refractivity contribution in [1.29, 1.82) is 0 Å². The van der Waals surface area contributed by atoms with Crippen LogP contribution in [0.1, 0.15) is 20.8 Å². The van der Waals surface area contributed by atoms with E-state index in [1.165, 1.54) is 30.0 Å². The average molecular weight is 327 g/mol. The predicted molar refractivity (Wildman–Crippen MR) is 78.9 cm³/mol. The summed E-state index contributed by atoms with van der Waals surface area (Å²) < 4.78 is 29.8. The van der Waals surface area contributed by atoms with Gasteiger partial charge < -0.3 is 14.7 Å². The molecular formula is C14H17NO6S. The summed E-state index contributed by atoms with van der Waals surface area (Å²) in [4.78, 5) is 23.8. The third-order valence-electron chi connectivity index (χ3n) is 3.20. The van der Waals surface area contributed by atoms with Gasteiger partial charge in [0.1, 0.15) is 11.4 Å². The van der Waals surface area contributed by atoms with Gasteiger partial charge >= 0.3 is 5.97 Å². The van der Waals surface area contributed by atoms with E-state index in [-0.39, 0.29) is 17.3 Å². The van der Waals surface area contributed by atoms with Crippen molar-refractivity contribution in [2.75, 3.05) is 17.2 Å². The maximum Gasteiger partial charge on any atom is 0.319 e. The zero-order chi connectivity index (χ0) is 16.7. The van der Waals surface area contributed by atoms with Gasteiger partial charge in [-0.15, -0.1) is 0 Å². The maximum atomic E-state index is 12.0. The number of hydrogen-bond donors (Lipinski definition) is 1. The Morgan fingerprint density at radius 3 is 2.55 bits per heavy atom. The van der Waals surface area contributed by atoms with Gasteiger partial charge in [0, 0.05) is 6.92 Å². The lowest BCUT2D eigenvalue weighted by atomic mass is 10.1. The van der Waals surface area contributed by atoms with Crippen LogP contribution in [0.15, 0.2) is 23.1 Å². The predicted octanol–water partition coefficient (Wildman–Crippen LogP) is 1.07. The highest BCUT2D eigenvalue weighted by atomic mass is 32.2. The number of amides is 1. The van der Waals surface area contributed by atoms with E-state index < -0.39 is 27.2 Å². The zero-order valence-electron chi connectivity index (χ0n) is 12.5. The van der Waals surface area contributed by atoms with Gasteiger partial charge in [0.2, 0.25) is 5.91 Å². The van der Waals surface area contributed by atoms with Crippen molar-refractivity contribution in [3.05, 3.63) is 18.2 Å². The molecule has 8 heteroatoms. The molecule has 0 saturated carbocycles. The topological polar surface area (TPSA) is 101 Å². The molecule has 1 aliphatic heterocycles. The normalized spacial score (nSPS) is 16.6. The number of carboxylic acid groups (broad SMARTS) is 1. The first-order valence-electron chi connectivity index (χ1n) is 6.57. The van der Waals surface area contributed by atoms with Crippen LogP contribution in [0, 0.1) is 0 Å². The molecule has 120 valence electrons. The van der Waals surface area contributed by atoms with E-state index >= 15 is 0 Å². The van der Waals surface area contributed by atoms with Crippen molar-refractivity contribution in [2.24, 2.45) is 0 Å². The molecule has 0 saturated heterocycles. The summed E-state index contributed by atoms with van der Waals surface area (Å²) in [6.45, 7) is 5.29. The molecule has 1 aliphatic rings. The first kappa shape index (κ1) is 16.3. The number of benzene rings is 1. The van der Waals surface area contributed by atoms with Crippen LogP contribution in [0.4, 0.5) is 5.69 Å². The lowest BCUT2D eigenvalue weighted by molar-refractivity contribution is -0.134. The fraction of sp³-hybridized carbons (Fsp3) is 0.429. The second-order valence-electron chi connectivity index (χ2n) is 5.75. The van der Waals surface area contributed by atoms with Gasteiger partial charge in [-0.1, -0.05) is 0 Å². The van der Waals surface area contributed by atoms with Crippen LogP contribution < -0.4 is 9.64 Å². The van der Waals surface area contributed by atoms with Gasteiger partial charge in [-0.25, -0.2) is 8.42 Å². The highest BCUT2D eigenvalue weighted by molar-refractivity contribution is 7.92. The number of carbonyl (C=O) groups is 2. The minimum Gasteiger partial charge on any atom is -0.484 e. The van der Waals surface area contributed by atoms with Crippen LogP contribution >= 0.6 is 0 Å². The fourth-order valence-electron chi connectivity index (χ4n) is 2.31. The summed E-state index contributed by atoms with van der Waals surface area (Å²) in [5.41, 5.74) is -0.265. The third-order valence-corrected chi connectivity index (χ3v) is 4.80. The van der Waals surface area contributed by atoms with Crippen molar-refractivity contribution in [1.82, 2.24) is 0 Å². The van der Waals surface area contributed by atoms with E-state index in [0.717, 1.165) is 0 Å². The summed E-state index contributed by atoms with van der Waals surface area (Å²) in [5, 5.41) is 8.69. The number of sulfone groups is 1. The summed E-state index contributed by atoms with van der Waals surface area (Å²) in [7, 11) is -3.96. The number of carbonyl (C=O) groups excluding carboxylic acids is 1.